The lowest BCUT2D eigenvalue weighted by Crippen LogP contribution is -2.57. The van der Waals surface area contributed by atoms with Crippen molar-refractivity contribution in [2.75, 3.05) is 19.8 Å². The van der Waals surface area contributed by atoms with Gasteiger partial charge in [-0.1, -0.05) is 13.8 Å². The molecule has 3 rings (SSSR count). The Kier molecular flexibility index (Phi) is 4.13. The summed E-state index contributed by atoms with van der Waals surface area (Å²) in [6, 6.07) is 0. The third kappa shape index (κ3) is 2.77. The molecule has 116 valence electrons. The highest BCUT2D eigenvalue weighted by Crippen LogP contribution is 2.46. The molecule has 0 aromatic heterocycles. The summed E-state index contributed by atoms with van der Waals surface area (Å²) in [6.07, 6.45) is 8.14. The molecule has 0 amide bonds. The number of nitrogens with two attached hydrogens (primary N) is 1. The molecule has 2 heterocycles. The summed E-state index contributed by atoms with van der Waals surface area (Å²) in [4.78, 5) is 0. The Morgan fingerprint density at radius 2 is 1.65 bits per heavy atom. The lowest BCUT2D eigenvalue weighted by atomic mass is 9.62. The Bertz CT molecular complexity index is 334. The molecule has 3 nitrogen and oxygen atoms in total. The van der Waals surface area contributed by atoms with Crippen molar-refractivity contribution in [2.45, 2.75) is 69.9 Å². The minimum absolute atomic E-state index is 0.0566. The maximum Gasteiger partial charge on any atom is 0.0729 e. The molecule has 0 bridgehead atoms. The first-order chi connectivity index (χ1) is 9.53. The van der Waals surface area contributed by atoms with E-state index in [4.69, 9.17) is 15.2 Å². The second kappa shape index (κ2) is 5.58. The van der Waals surface area contributed by atoms with E-state index in [-0.39, 0.29) is 11.1 Å². The topological polar surface area (TPSA) is 44.5 Å². The lowest BCUT2D eigenvalue weighted by Gasteiger charge is -2.51. The number of hydrogen-bond acceptors (Lipinski definition) is 3. The molecule has 20 heavy (non-hydrogen) atoms. The summed E-state index contributed by atoms with van der Waals surface area (Å²) < 4.78 is 11.7. The van der Waals surface area contributed by atoms with Gasteiger partial charge in [0, 0.05) is 25.4 Å². The van der Waals surface area contributed by atoms with Crippen molar-refractivity contribution in [3.8, 4) is 0 Å². The van der Waals surface area contributed by atoms with Gasteiger partial charge in [0.1, 0.15) is 0 Å². The van der Waals surface area contributed by atoms with Crippen LogP contribution in [0.3, 0.4) is 0 Å². The van der Waals surface area contributed by atoms with Crippen LogP contribution in [-0.2, 0) is 9.47 Å². The molecule has 2 N–H and O–H groups in total. The fourth-order valence-electron chi connectivity index (χ4n) is 4.66. The highest BCUT2D eigenvalue weighted by molar-refractivity contribution is 5.02. The highest BCUT2D eigenvalue weighted by atomic mass is 16.5. The van der Waals surface area contributed by atoms with Gasteiger partial charge in [-0.05, 0) is 62.7 Å². The second-order valence-corrected chi connectivity index (χ2v) is 7.76. The number of ether oxygens (including phenoxy) is 2. The highest BCUT2D eigenvalue weighted by Gasteiger charge is 2.47. The molecule has 4 atom stereocenters. The van der Waals surface area contributed by atoms with E-state index in [1.54, 1.807) is 0 Å². The van der Waals surface area contributed by atoms with Gasteiger partial charge in [0.2, 0.25) is 0 Å². The van der Waals surface area contributed by atoms with Crippen LogP contribution in [-0.4, -0.2) is 31.0 Å². The van der Waals surface area contributed by atoms with E-state index in [1.807, 2.05) is 0 Å². The molecule has 0 aromatic carbocycles. The summed E-state index contributed by atoms with van der Waals surface area (Å²) in [5, 5.41) is 0. The Morgan fingerprint density at radius 1 is 0.900 bits per heavy atom. The van der Waals surface area contributed by atoms with Crippen molar-refractivity contribution in [2.24, 2.45) is 23.5 Å². The van der Waals surface area contributed by atoms with E-state index in [0.29, 0.717) is 5.92 Å². The molecule has 3 aliphatic rings. The Morgan fingerprint density at radius 3 is 2.35 bits per heavy atom. The summed E-state index contributed by atoms with van der Waals surface area (Å²) in [7, 11) is 0. The van der Waals surface area contributed by atoms with Crippen molar-refractivity contribution < 1.29 is 9.47 Å². The van der Waals surface area contributed by atoms with E-state index in [2.05, 4.69) is 13.8 Å². The molecule has 0 radical (unpaired) electrons. The average Bonchev–Trinajstić information content (AvgIpc) is 2.44. The van der Waals surface area contributed by atoms with Gasteiger partial charge in [0.05, 0.1) is 5.60 Å². The smallest absolute Gasteiger partial charge is 0.0729 e. The van der Waals surface area contributed by atoms with Crippen LogP contribution in [0.1, 0.15) is 58.8 Å². The van der Waals surface area contributed by atoms with E-state index in [1.165, 1.54) is 19.3 Å². The quantitative estimate of drug-likeness (QED) is 0.803. The zero-order valence-electron chi connectivity index (χ0n) is 13.2. The van der Waals surface area contributed by atoms with Crippen LogP contribution in [0.4, 0.5) is 0 Å². The zero-order chi connectivity index (χ0) is 14.2. The fourth-order valence-corrected chi connectivity index (χ4v) is 4.66. The summed E-state index contributed by atoms with van der Waals surface area (Å²) in [5.41, 5.74) is 7.03. The minimum Gasteiger partial charge on any atom is -0.381 e. The van der Waals surface area contributed by atoms with Crippen molar-refractivity contribution in [1.82, 2.24) is 0 Å². The molecule has 4 unspecified atom stereocenters. The second-order valence-electron chi connectivity index (χ2n) is 7.76. The van der Waals surface area contributed by atoms with Crippen molar-refractivity contribution in [1.29, 1.82) is 0 Å². The maximum atomic E-state index is 6.89. The van der Waals surface area contributed by atoms with Gasteiger partial charge in [0.15, 0.2) is 0 Å². The molecule has 1 saturated carbocycles. The SMILES string of the molecule is CC1CCC(N)(C2CCOC3(CCOCC3)C2)CC1C. The fraction of sp³-hybridized carbons (Fsp3) is 1.00. The van der Waals surface area contributed by atoms with Crippen LogP contribution in [0.2, 0.25) is 0 Å². The van der Waals surface area contributed by atoms with Crippen molar-refractivity contribution in [3.05, 3.63) is 0 Å². The van der Waals surface area contributed by atoms with E-state index < -0.39 is 0 Å². The predicted molar refractivity (Wildman–Crippen MR) is 80.6 cm³/mol. The third-order valence-electron chi connectivity index (χ3n) is 6.45. The van der Waals surface area contributed by atoms with Gasteiger partial charge < -0.3 is 15.2 Å². The molecule has 3 heteroatoms. The number of hydrogen-bond donors (Lipinski definition) is 1. The zero-order valence-corrected chi connectivity index (χ0v) is 13.2. The van der Waals surface area contributed by atoms with Crippen LogP contribution in [0.5, 0.6) is 0 Å². The van der Waals surface area contributed by atoms with Gasteiger partial charge in [-0.3, -0.25) is 0 Å². The van der Waals surface area contributed by atoms with Gasteiger partial charge in [-0.2, -0.15) is 0 Å². The molecule has 0 aromatic rings. The van der Waals surface area contributed by atoms with Crippen LogP contribution in [0, 0.1) is 17.8 Å². The van der Waals surface area contributed by atoms with Crippen molar-refractivity contribution >= 4 is 0 Å². The van der Waals surface area contributed by atoms with Crippen LogP contribution >= 0.6 is 0 Å². The lowest BCUT2D eigenvalue weighted by molar-refractivity contribution is -0.157. The molecule has 3 fully saturated rings. The molecule has 2 saturated heterocycles. The summed E-state index contributed by atoms with van der Waals surface area (Å²) >= 11 is 0. The largest absolute Gasteiger partial charge is 0.381 e. The van der Waals surface area contributed by atoms with Gasteiger partial charge in [-0.15, -0.1) is 0 Å². The summed E-state index contributed by atoms with van der Waals surface area (Å²) in [5.74, 6) is 2.25. The van der Waals surface area contributed by atoms with Gasteiger partial charge in [-0.25, -0.2) is 0 Å². The van der Waals surface area contributed by atoms with Crippen LogP contribution in [0.25, 0.3) is 0 Å². The first-order valence-electron chi connectivity index (χ1n) is 8.54. The molecular weight excluding hydrogens is 250 g/mol. The summed E-state index contributed by atoms with van der Waals surface area (Å²) in [6.45, 7) is 7.38. The first kappa shape index (κ1) is 14.8. The van der Waals surface area contributed by atoms with E-state index in [0.717, 1.165) is 57.3 Å². The van der Waals surface area contributed by atoms with Crippen LogP contribution in [0.15, 0.2) is 0 Å². The van der Waals surface area contributed by atoms with E-state index >= 15 is 0 Å². The number of rotatable bonds is 1. The Hall–Kier alpha value is -0.120. The monoisotopic (exact) mass is 281 g/mol. The molecule has 1 aliphatic carbocycles. The normalized spacial score (nSPS) is 45.5. The predicted octanol–water partition coefficient (Wildman–Crippen LogP) is 3.12. The standard InChI is InChI=1S/C17H31NO2/c1-13-3-5-17(18,11-14(13)2)15-4-8-20-16(12-15)6-9-19-10-7-16/h13-15H,3-12,18H2,1-2H3. The van der Waals surface area contributed by atoms with Gasteiger partial charge in [0.25, 0.3) is 0 Å². The Labute approximate surface area is 123 Å². The van der Waals surface area contributed by atoms with Gasteiger partial charge >= 0.3 is 0 Å². The third-order valence-corrected chi connectivity index (χ3v) is 6.45. The first-order valence-corrected chi connectivity index (χ1v) is 8.54. The average molecular weight is 281 g/mol. The van der Waals surface area contributed by atoms with Crippen LogP contribution < -0.4 is 5.73 Å². The minimum atomic E-state index is 0.0566. The molecule has 1 spiro atoms. The van der Waals surface area contributed by atoms with Crippen molar-refractivity contribution in [3.63, 3.8) is 0 Å². The molecular formula is C17H31NO2. The Balaban J connectivity index is 1.69. The van der Waals surface area contributed by atoms with E-state index in [9.17, 15) is 0 Å². The maximum absolute atomic E-state index is 6.89. The molecule has 2 aliphatic heterocycles.